The van der Waals surface area contributed by atoms with Gasteiger partial charge in [0.2, 0.25) is 0 Å². The van der Waals surface area contributed by atoms with Crippen LogP contribution in [0.15, 0.2) is 101 Å². The van der Waals surface area contributed by atoms with E-state index in [4.69, 9.17) is 20.0 Å². The van der Waals surface area contributed by atoms with E-state index < -0.39 is 0 Å². The second-order valence-electron chi connectivity index (χ2n) is 10.5. The second-order valence-corrected chi connectivity index (χ2v) is 10.5. The molecule has 204 valence electrons. The maximum absolute atomic E-state index is 11.4. The molecule has 0 aliphatic carbocycles. The van der Waals surface area contributed by atoms with E-state index in [9.17, 15) is 5.11 Å². The first-order valence-corrected chi connectivity index (χ1v) is 13.7. The van der Waals surface area contributed by atoms with Crippen molar-refractivity contribution in [2.75, 3.05) is 0 Å². The Balaban J connectivity index is 1.48. The van der Waals surface area contributed by atoms with E-state index in [1.807, 2.05) is 80.6 Å². The van der Waals surface area contributed by atoms with E-state index in [1.165, 1.54) is 11.1 Å². The molecular weight excluding hydrogens is 504 g/mol. The van der Waals surface area contributed by atoms with Crippen LogP contribution in [0.4, 0.5) is 11.4 Å². The van der Waals surface area contributed by atoms with E-state index >= 15 is 0 Å². The summed E-state index contributed by atoms with van der Waals surface area (Å²) in [6.07, 6.45) is 0. The minimum Gasteiger partial charge on any atom is -0.507 e. The van der Waals surface area contributed by atoms with Gasteiger partial charge in [-0.05, 0) is 101 Å². The first kappa shape index (κ1) is 27.7. The highest BCUT2D eigenvalue weighted by Gasteiger charge is 2.15. The SMILES string of the molecule is CC(=Nc1ccc(C)cc1C)c1cccc(-c2cccc(-c3cccc(C(C)=Nc4ccc(C)cc4C)n3)c2O)n1. The van der Waals surface area contributed by atoms with Gasteiger partial charge in [-0.2, -0.15) is 0 Å². The highest BCUT2D eigenvalue weighted by molar-refractivity contribution is 6.00. The number of pyridine rings is 2. The molecule has 0 fully saturated rings. The Morgan fingerprint density at radius 2 is 0.976 bits per heavy atom. The molecule has 0 radical (unpaired) electrons. The predicted molar refractivity (Wildman–Crippen MR) is 170 cm³/mol. The topological polar surface area (TPSA) is 70.7 Å². The van der Waals surface area contributed by atoms with Gasteiger partial charge >= 0.3 is 0 Å². The highest BCUT2D eigenvalue weighted by Crippen LogP contribution is 2.37. The molecule has 3 aromatic carbocycles. The molecule has 41 heavy (non-hydrogen) atoms. The molecule has 5 rings (SSSR count). The number of aromatic nitrogens is 2. The Kier molecular flexibility index (Phi) is 7.88. The molecule has 0 aliphatic heterocycles. The minimum absolute atomic E-state index is 0.134. The number of para-hydroxylation sites is 1. The Morgan fingerprint density at radius 3 is 1.39 bits per heavy atom. The molecule has 0 atom stereocenters. The molecule has 2 heterocycles. The second kappa shape index (κ2) is 11.7. The molecule has 2 aromatic heterocycles. The van der Waals surface area contributed by atoms with Gasteiger partial charge in [-0.1, -0.05) is 53.6 Å². The lowest BCUT2D eigenvalue weighted by Crippen LogP contribution is -2.01. The molecule has 1 N–H and O–H groups in total. The smallest absolute Gasteiger partial charge is 0.134 e. The molecule has 0 saturated carbocycles. The quantitative estimate of drug-likeness (QED) is 0.219. The number of aliphatic imine (C=N–C) groups is 2. The van der Waals surface area contributed by atoms with Crippen LogP contribution in [0, 0.1) is 27.7 Å². The Hall–Kier alpha value is -4.90. The van der Waals surface area contributed by atoms with Crippen LogP contribution in [0.2, 0.25) is 0 Å². The van der Waals surface area contributed by atoms with Crippen molar-refractivity contribution in [3.63, 3.8) is 0 Å². The zero-order valence-electron chi connectivity index (χ0n) is 24.4. The summed E-state index contributed by atoms with van der Waals surface area (Å²) >= 11 is 0. The van der Waals surface area contributed by atoms with Gasteiger partial charge in [0.05, 0.1) is 45.6 Å². The van der Waals surface area contributed by atoms with Crippen molar-refractivity contribution in [1.29, 1.82) is 0 Å². The number of phenolic OH excluding ortho intramolecular Hbond substituents is 1. The summed E-state index contributed by atoms with van der Waals surface area (Å²) in [4.78, 5) is 19.4. The zero-order chi connectivity index (χ0) is 29.1. The van der Waals surface area contributed by atoms with Crippen molar-refractivity contribution in [2.45, 2.75) is 41.5 Å². The average Bonchev–Trinajstić information content (AvgIpc) is 2.96. The van der Waals surface area contributed by atoms with Crippen LogP contribution < -0.4 is 0 Å². The van der Waals surface area contributed by atoms with Gasteiger partial charge < -0.3 is 5.11 Å². The van der Waals surface area contributed by atoms with Gasteiger partial charge in [0.25, 0.3) is 0 Å². The first-order chi connectivity index (χ1) is 19.7. The number of rotatable bonds is 6. The standard InChI is InChI=1S/C36H34N4O/c1-22-16-18-30(24(3)20-22)37-26(5)32-12-8-14-34(39-32)28-10-7-11-29(36(28)41)35-15-9-13-33(40-35)27(6)38-31-19-17-23(2)21-25(31)4/h7-21,41H,1-6H3. The number of hydrogen-bond acceptors (Lipinski definition) is 5. The summed E-state index contributed by atoms with van der Waals surface area (Å²) in [6, 6.07) is 29.7. The number of aromatic hydroxyl groups is 1. The van der Waals surface area contributed by atoms with Crippen molar-refractivity contribution in [3.8, 4) is 28.3 Å². The third-order valence-corrected chi connectivity index (χ3v) is 7.11. The molecule has 5 heteroatoms. The number of hydrogen-bond donors (Lipinski definition) is 1. The lowest BCUT2D eigenvalue weighted by atomic mass is 10.0. The van der Waals surface area contributed by atoms with E-state index in [-0.39, 0.29) is 5.75 Å². The van der Waals surface area contributed by atoms with Crippen molar-refractivity contribution in [2.24, 2.45) is 9.98 Å². The minimum atomic E-state index is 0.134. The summed E-state index contributed by atoms with van der Waals surface area (Å²) in [5.74, 6) is 0.134. The number of phenols is 1. The Labute approximate surface area is 242 Å². The lowest BCUT2D eigenvalue weighted by molar-refractivity contribution is 0.479. The van der Waals surface area contributed by atoms with Crippen LogP contribution in [0.1, 0.15) is 47.5 Å². The molecular formula is C36H34N4O. The molecule has 0 saturated heterocycles. The third-order valence-electron chi connectivity index (χ3n) is 7.11. The Morgan fingerprint density at radius 1 is 0.561 bits per heavy atom. The van der Waals surface area contributed by atoms with Crippen LogP contribution in [-0.4, -0.2) is 26.5 Å². The maximum Gasteiger partial charge on any atom is 0.134 e. The van der Waals surface area contributed by atoms with Gasteiger partial charge in [-0.15, -0.1) is 0 Å². The van der Waals surface area contributed by atoms with Crippen LogP contribution in [-0.2, 0) is 0 Å². The first-order valence-electron chi connectivity index (χ1n) is 13.7. The summed E-state index contributed by atoms with van der Waals surface area (Å²) in [5, 5.41) is 11.4. The predicted octanol–water partition coefficient (Wildman–Crippen LogP) is 9.03. The zero-order valence-corrected chi connectivity index (χ0v) is 24.4. The molecule has 0 bridgehead atoms. The van der Waals surface area contributed by atoms with Crippen molar-refractivity contribution in [1.82, 2.24) is 9.97 Å². The fourth-order valence-corrected chi connectivity index (χ4v) is 4.87. The molecule has 0 aliphatic rings. The molecule has 0 unspecified atom stereocenters. The van der Waals surface area contributed by atoms with Crippen molar-refractivity contribution in [3.05, 3.63) is 125 Å². The fourth-order valence-electron chi connectivity index (χ4n) is 4.87. The average molecular weight is 539 g/mol. The molecule has 5 nitrogen and oxygen atoms in total. The molecule has 0 amide bonds. The van der Waals surface area contributed by atoms with Gasteiger partial charge in [0.1, 0.15) is 5.75 Å². The van der Waals surface area contributed by atoms with Crippen LogP contribution in [0.5, 0.6) is 5.75 Å². The van der Waals surface area contributed by atoms with E-state index in [1.54, 1.807) is 0 Å². The third kappa shape index (κ3) is 6.15. The molecule has 0 spiro atoms. The normalized spacial score (nSPS) is 12.0. The van der Waals surface area contributed by atoms with Crippen molar-refractivity contribution < 1.29 is 5.11 Å². The van der Waals surface area contributed by atoms with Crippen LogP contribution in [0.3, 0.4) is 0 Å². The maximum atomic E-state index is 11.4. The molecule has 5 aromatic rings. The fraction of sp³-hybridized carbons (Fsp3) is 0.167. The number of nitrogens with zero attached hydrogens (tertiary/aromatic N) is 4. The lowest BCUT2D eigenvalue weighted by Gasteiger charge is -2.12. The van der Waals surface area contributed by atoms with Gasteiger partial charge in [0, 0.05) is 11.1 Å². The summed E-state index contributed by atoms with van der Waals surface area (Å²) in [7, 11) is 0. The van der Waals surface area contributed by atoms with E-state index in [2.05, 4.69) is 52.0 Å². The van der Waals surface area contributed by atoms with E-state index in [0.29, 0.717) is 22.5 Å². The Bertz CT molecular complexity index is 1690. The summed E-state index contributed by atoms with van der Waals surface area (Å²) in [5.41, 5.74) is 12.2. The highest BCUT2D eigenvalue weighted by atomic mass is 16.3. The number of aryl methyl sites for hydroxylation is 4. The summed E-state index contributed by atoms with van der Waals surface area (Å²) in [6.45, 7) is 12.2. The van der Waals surface area contributed by atoms with Crippen LogP contribution in [0.25, 0.3) is 22.5 Å². The van der Waals surface area contributed by atoms with E-state index in [0.717, 1.165) is 45.3 Å². The van der Waals surface area contributed by atoms with Gasteiger partial charge in [-0.25, -0.2) is 9.97 Å². The van der Waals surface area contributed by atoms with Gasteiger partial charge in [-0.3, -0.25) is 9.98 Å². The number of benzene rings is 3. The van der Waals surface area contributed by atoms with Gasteiger partial charge in [0.15, 0.2) is 0 Å². The largest absolute Gasteiger partial charge is 0.507 e. The van der Waals surface area contributed by atoms with Crippen molar-refractivity contribution >= 4 is 22.8 Å². The summed E-state index contributed by atoms with van der Waals surface area (Å²) < 4.78 is 0. The van der Waals surface area contributed by atoms with Crippen LogP contribution >= 0.6 is 0 Å². The monoisotopic (exact) mass is 538 g/mol.